The quantitative estimate of drug-likeness (QED) is 0.662. The van der Waals surface area contributed by atoms with Crippen LogP contribution in [0.15, 0.2) is 55.0 Å². The number of piperazine rings is 1. The van der Waals surface area contributed by atoms with Crippen molar-refractivity contribution in [2.24, 2.45) is 0 Å². The van der Waals surface area contributed by atoms with E-state index in [9.17, 15) is 14.0 Å². The van der Waals surface area contributed by atoms with Crippen molar-refractivity contribution in [3.05, 3.63) is 66.4 Å². The number of aromatic nitrogens is 3. The van der Waals surface area contributed by atoms with E-state index >= 15 is 0 Å². The lowest BCUT2D eigenvalue weighted by atomic mass is 10.2. The number of hydrogen-bond donors (Lipinski definition) is 0. The molecule has 0 spiro atoms. The lowest BCUT2D eigenvalue weighted by molar-refractivity contribution is 0.0570. The monoisotopic (exact) mass is 411 g/mol. The predicted molar refractivity (Wildman–Crippen MR) is 107 cm³/mol. The van der Waals surface area contributed by atoms with Gasteiger partial charge in [-0.3, -0.25) is 4.79 Å². The maximum atomic E-state index is 13.4. The summed E-state index contributed by atoms with van der Waals surface area (Å²) in [6.45, 7) is 3.72. The van der Waals surface area contributed by atoms with Crippen LogP contribution in [0.4, 0.5) is 9.18 Å². The van der Waals surface area contributed by atoms with E-state index in [4.69, 9.17) is 4.74 Å². The number of carbonyl (C=O) groups excluding carboxylic acids is 2. The van der Waals surface area contributed by atoms with Gasteiger partial charge in [-0.1, -0.05) is 0 Å². The molecule has 2 amide bonds. The summed E-state index contributed by atoms with van der Waals surface area (Å²) in [5.74, 6) is 0.0594. The van der Waals surface area contributed by atoms with Gasteiger partial charge in [0.2, 0.25) is 0 Å². The standard InChI is InChI=1S/C21H22FN5O3/c1-2-30-21(29)26-13-11-25(12-14-26)20(28)18-15-23-27(17-7-5-16(22)6-8-17)19(18)24-9-3-4-10-24/h3-10,15H,2,11-14H2,1H3. The third kappa shape index (κ3) is 3.78. The van der Waals surface area contributed by atoms with E-state index in [1.54, 1.807) is 38.1 Å². The smallest absolute Gasteiger partial charge is 0.409 e. The molecule has 3 heterocycles. The molecular formula is C21H22FN5O3. The summed E-state index contributed by atoms with van der Waals surface area (Å²) in [5, 5.41) is 4.40. The summed E-state index contributed by atoms with van der Waals surface area (Å²) in [4.78, 5) is 28.5. The third-order valence-corrected chi connectivity index (χ3v) is 4.99. The van der Waals surface area contributed by atoms with Crippen LogP contribution in [0.25, 0.3) is 11.5 Å². The van der Waals surface area contributed by atoms with Gasteiger partial charge < -0.3 is 19.1 Å². The van der Waals surface area contributed by atoms with E-state index in [0.717, 1.165) is 0 Å². The molecule has 0 bridgehead atoms. The predicted octanol–water partition coefficient (Wildman–Crippen LogP) is 2.72. The van der Waals surface area contributed by atoms with E-state index in [-0.39, 0.29) is 17.8 Å². The largest absolute Gasteiger partial charge is 0.450 e. The van der Waals surface area contributed by atoms with Gasteiger partial charge in [0.25, 0.3) is 5.91 Å². The Balaban J connectivity index is 1.61. The van der Waals surface area contributed by atoms with Crippen molar-refractivity contribution in [3.8, 4) is 11.5 Å². The van der Waals surface area contributed by atoms with Crippen LogP contribution >= 0.6 is 0 Å². The maximum Gasteiger partial charge on any atom is 0.409 e. The number of benzene rings is 1. The first-order valence-electron chi connectivity index (χ1n) is 9.76. The van der Waals surface area contributed by atoms with E-state index in [0.29, 0.717) is 49.9 Å². The van der Waals surface area contributed by atoms with Crippen LogP contribution in [0.3, 0.4) is 0 Å². The number of rotatable bonds is 4. The Bertz CT molecular complexity index is 1020. The average molecular weight is 411 g/mol. The molecule has 0 unspecified atom stereocenters. The van der Waals surface area contributed by atoms with Gasteiger partial charge in [-0.05, 0) is 43.3 Å². The van der Waals surface area contributed by atoms with Crippen LogP contribution in [0.1, 0.15) is 17.3 Å². The molecule has 1 aliphatic heterocycles. The molecule has 1 saturated heterocycles. The Morgan fingerprint density at radius 1 is 1.03 bits per heavy atom. The van der Waals surface area contributed by atoms with Gasteiger partial charge in [-0.25, -0.2) is 13.9 Å². The van der Waals surface area contributed by atoms with Gasteiger partial charge in [0.05, 0.1) is 18.5 Å². The van der Waals surface area contributed by atoms with Crippen molar-refractivity contribution in [2.75, 3.05) is 32.8 Å². The summed E-state index contributed by atoms with van der Waals surface area (Å²) in [6, 6.07) is 9.64. The molecule has 0 saturated carbocycles. The lowest BCUT2D eigenvalue weighted by Gasteiger charge is -2.34. The Morgan fingerprint density at radius 2 is 1.67 bits per heavy atom. The van der Waals surface area contributed by atoms with Crippen molar-refractivity contribution in [2.45, 2.75) is 6.92 Å². The molecule has 2 aromatic heterocycles. The van der Waals surface area contributed by atoms with Crippen molar-refractivity contribution < 1.29 is 18.7 Å². The first kappa shape index (κ1) is 19.7. The summed E-state index contributed by atoms with van der Waals surface area (Å²) >= 11 is 0. The fourth-order valence-corrected chi connectivity index (χ4v) is 3.47. The first-order chi connectivity index (χ1) is 14.6. The Kier molecular flexibility index (Phi) is 5.51. The number of carbonyl (C=O) groups is 2. The zero-order valence-electron chi connectivity index (χ0n) is 16.6. The highest BCUT2D eigenvalue weighted by Crippen LogP contribution is 2.22. The summed E-state index contributed by atoms with van der Waals surface area (Å²) in [7, 11) is 0. The van der Waals surface area contributed by atoms with E-state index in [1.807, 2.05) is 24.5 Å². The summed E-state index contributed by atoms with van der Waals surface area (Å²) < 4.78 is 21.8. The number of nitrogens with zero attached hydrogens (tertiary/aromatic N) is 5. The second-order valence-electron chi connectivity index (χ2n) is 6.84. The zero-order chi connectivity index (χ0) is 21.1. The van der Waals surface area contributed by atoms with E-state index in [2.05, 4.69) is 5.10 Å². The van der Waals surface area contributed by atoms with E-state index in [1.165, 1.54) is 18.3 Å². The fourth-order valence-electron chi connectivity index (χ4n) is 3.47. The molecule has 4 rings (SSSR count). The maximum absolute atomic E-state index is 13.4. The normalized spacial score (nSPS) is 14.1. The molecule has 8 nitrogen and oxygen atoms in total. The molecule has 0 radical (unpaired) electrons. The Hall–Kier alpha value is -3.62. The molecule has 156 valence electrons. The van der Waals surface area contributed by atoms with Crippen LogP contribution in [-0.4, -0.2) is 68.9 Å². The average Bonchev–Trinajstić information content (AvgIpc) is 3.44. The molecular weight excluding hydrogens is 389 g/mol. The van der Waals surface area contributed by atoms with Crippen LogP contribution in [-0.2, 0) is 4.74 Å². The van der Waals surface area contributed by atoms with Crippen molar-refractivity contribution in [1.29, 1.82) is 0 Å². The SMILES string of the molecule is CCOC(=O)N1CCN(C(=O)c2cnn(-c3ccc(F)cc3)c2-n2cccc2)CC1. The molecule has 9 heteroatoms. The Labute approximate surface area is 173 Å². The van der Waals surface area contributed by atoms with Crippen molar-refractivity contribution >= 4 is 12.0 Å². The van der Waals surface area contributed by atoms with Crippen molar-refractivity contribution in [1.82, 2.24) is 24.1 Å². The molecule has 3 aromatic rings. The highest BCUT2D eigenvalue weighted by molar-refractivity contribution is 5.97. The minimum atomic E-state index is -0.359. The van der Waals surface area contributed by atoms with Crippen molar-refractivity contribution in [3.63, 3.8) is 0 Å². The Morgan fingerprint density at radius 3 is 2.30 bits per heavy atom. The summed E-state index contributed by atoms with van der Waals surface area (Å²) in [5.41, 5.74) is 1.08. The van der Waals surface area contributed by atoms with Crippen LogP contribution < -0.4 is 0 Å². The van der Waals surface area contributed by atoms with Gasteiger partial charge >= 0.3 is 6.09 Å². The number of ether oxygens (including phenoxy) is 1. The van der Waals surface area contributed by atoms with Gasteiger partial charge in [-0.15, -0.1) is 0 Å². The number of hydrogen-bond acceptors (Lipinski definition) is 4. The van der Waals surface area contributed by atoms with Gasteiger partial charge in [0.1, 0.15) is 11.4 Å². The van der Waals surface area contributed by atoms with Crippen LogP contribution in [0, 0.1) is 5.82 Å². The third-order valence-electron chi connectivity index (χ3n) is 4.99. The second kappa shape index (κ2) is 8.40. The topological polar surface area (TPSA) is 72.6 Å². The van der Waals surface area contributed by atoms with Crippen LogP contribution in [0.2, 0.25) is 0 Å². The van der Waals surface area contributed by atoms with Crippen LogP contribution in [0.5, 0.6) is 0 Å². The van der Waals surface area contributed by atoms with Gasteiger partial charge in [0.15, 0.2) is 5.82 Å². The highest BCUT2D eigenvalue weighted by Gasteiger charge is 2.29. The molecule has 1 aromatic carbocycles. The summed E-state index contributed by atoms with van der Waals surface area (Å²) in [6.07, 6.45) is 4.82. The highest BCUT2D eigenvalue weighted by atomic mass is 19.1. The molecule has 1 aliphatic rings. The zero-order valence-corrected chi connectivity index (χ0v) is 16.6. The molecule has 1 fully saturated rings. The van der Waals surface area contributed by atoms with E-state index < -0.39 is 0 Å². The second-order valence-corrected chi connectivity index (χ2v) is 6.84. The molecule has 0 atom stereocenters. The molecule has 30 heavy (non-hydrogen) atoms. The molecule has 0 aliphatic carbocycles. The van der Waals surface area contributed by atoms with Gasteiger partial charge in [-0.2, -0.15) is 5.10 Å². The number of amides is 2. The number of halogens is 1. The lowest BCUT2D eigenvalue weighted by Crippen LogP contribution is -2.50. The first-order valence-corrected chi connectivity index (χ1v) is 9.76. The minimum Gasteiger partial charge on any atom is -0.450 e. The molecule has 0 N–H and O–H groups in total. The minimum absolute atomic E-state index is 0.171. The van der Waals surface area contributed by atoms with Gasteiger partial charge in [0, 0.05) is 38.6 Å². The fraction of sp³-hybridized carbons (Fsp3) is 0.286.